The van der Waals surface area contributed by atoms with Crippen molar-refractivity contribution in [3.05, 3.63) is 35.9 Å². The van der Waals surface area contributed by atoms with Gasteiger partial charge in [-0.1, -0.05) is 44.2 Å². The summed E-state index contributed by atoms with van der Waals surface area (Å²) >= 11 is 0. The molecule has 1 atom stereocenters. The molecule has 0 aliphatic heterocycles. The molecule has 0 radical (unpaired) electrons. The number of carbonyl (C=O) groups is 1. The first kappa shape index (κ1) is 13.8. The minimum Gasteiger partial charge on any atom is -0.367 e. The third-order valence-electron chi connectivity index (χ3n) is 2.97. The van der Waals surface area contributed by atoms with Gasteiger partial charge in [0.25, 0.3) is 0 Å². The zero-order valence-electron chi connectivity index (χ0n) is 10.4. The van der Waals surface area contributed by atoms with Crippen molar-refractivity contribution in [2.24, 2.45) is 5.73 Å². The molecule has 1 rings (SSSR count). The van der Waals surface area contributed by atoms with Gasteiger partial charge in [-0.2, -0.15) is 0 Å². The number of aliphatic hydroxyl groups is 1. The molecule has 0 saturated carbocycles. The van der Waals surface area contributed by atoms with Crippen LogP contribution in [0.5, 0.6) is 0 Å². The van der Waals surface area contributed by atoms with E-state index in [9.17, 15) is 9.90 Å². The standard InChI is InChI=1S/C13H20N2O2/c1-3-15(4-2)13(17,10-14)12(16)11-8-6-5-7-9-11/h5-9,17H,3-4,10,14H2,1-2H3. The van der Waals surface area contributed by atoms with E-state index in [2.05, 4.69) is 0 Å². The van der Waals surface area contributed by atoms with E-state index in [0.29, 0.717) is 18.7 Å². The average Bonchev–Trinajstić information content (AvgIpc) is 2.39. The second kappa shape index (κ2) is 5.91. The molecule has 1 aromatic carbocycles. The first-order valence-corrected chi connectivity index (χ1v) is 5.87. The Morgan fingerprint density at radius 3 is 2.24 bits per heavy atom. The smallest absolute Gasteiger partial charge is 0.210 e. The van der Waals surface area contributed by atoms with Crippen LogP contribution >= 0.6 is 0 Å². The molecule has 0 fully saturated rings. The Morgan fingerprint density at radius 2 is 1.82 bits per heavy atom. The zero-order chi connectivity index (χ0) is 12.9. The largest absolute Gasteiger partial charge is 0.367 e. The van der Waals surface area contributed by atoms with Gasteiger partial charge in [0.2, 0.25) is 5.78 Å². The lowest BCUT2D eigenvalue weighted by molar-refractivity contribution is -0.0654. The van der Waals surface area contributed by atoms with E-state index >= 15 is 0 Å². The van der Waals surface area contributed by atoms with Gasteiger partial charge in [0.1, 0.15) is 0 Å². The summed E-state index contributed by atoms with van der Waals surface area (Å²) in [4.78, 5) is 14.0. The molecule has 1 unspecified atom stereocenters. The monoisotopic (exact) mass is 236 g/mol. The number of Topliss-reactive ketones (excluding diaryl/α,β-unsaturated/α-hetero) is 1. The number of rotatable bonds is 6. The average molecular weight is 236 g/mol. The van der Waals surface area contributed by atoms with Crippen LogP contribution in [-0.4, -0.2) is 41.1 Å². The van der Waals surface area contributed by atoms with Gasteiger partial charge in [0.15, 0.2) is 5.72 Å². The van der Waals surface area contributed by atoms with E-state index in [4.69, 9.17) is 5.73 Å². The number of ketones is 1. The van der Waals surface area contributed by atoms with E-state index in [1.807, 2.05) is 19.9 Å². The van der Waals surface area contributed by atoms with Crippen molar-refractivity contribution in [1.82, 2.24) is 4.90 Å². The second-order valence-electron chi connectivity index (χ2n) is 3.89. The lowest BCUT2D eigenvalue weighted by atomic mass is 9.99. The Hall–Kier alpha value is -1.23. The number of hydrogen-bond donors (Lipinski definition) is 2. The van der Waals surface area contributed by atoms with Crippen LogP contribution in [-0.2, 0) is 0 Å². The van der Waals surface area contributed by atoms with Crippen LogP contribution in [0.1, 0.15) is 24.2 Å². The molecule has 17 heavy (non-hydrogen) atoms. The van der Waals surface area contributed by atoms with Gasteiger partial charge in [0, 0.05) is 12.1 Å². The van der Waals surface area contributed by atoms with Crippen LogP contribution < -0.4 is 5.73 Å². The highest BCUT2D eigenvalue weighted by atomic mass is 16.3. The molecule has 0 spiro atoms. The van der Waals surface area contributed by atoms with Crippen LogP contribution in [0.2, 0.25) is 0 Å². The molecule has 0 aliphatic rings. The summed E-state index contributed by atoms with van der Waals surface area (Å²) in [6.07, 6.45) is 0. The van der Waals surface area contributed by atoms with Crippen LogP contribution in [0.25, 0.3) is 0 Å². The maximum atomic E-state index is 12.3. The number of nitrogens with two attached hydrogens (primary N) is 1. The summed E-state index contributed by atoms with van der Waals surface area (Å²) in [7, 11) is 0. The van der Waals surface area contributed by atoms with Crippen LogP contribution in [0, 0.1) is 0 Å². The minimum absolute atomic E-state index is 0.109. The molecule has 4 heteroatoms. The van der Waals surface area contributed by atoms with Crippen LogP contribution in [0.4, 0.5) is 0 Å². The lowest BCUT2D eigenvalue weighted by Gasteiger charge is -2.36. The number of carbonyl (C=O) groups excluding carboxylic acids is 1. The van der Waals surface area contributed by atoms with Gasteiger partial charge in [-0.15, -0.1) is 0 Å². The molecule has 4 nitrogen and oxygen atoms in total. The van der Waals surface area contributed by atoms with Crippen molar-refractivity contribution in [1.29, 1.82) is 0 Å². The third-order valence-corrected chi connectivity index (χ3v) is 2.97. The summed E-state index contributed by atoms with van der Waals surface area (Å²) in [5.41, 5.74) is 4.46. The number of likely N-dealkylation sites (N-methyl/N-ethyl adjacent to an activating group) is 1. The van der Waals surface area contributed by atoms with Crippen LogP contribution in [0.15, 0.2) is 30.3 Å². The Balaban J connectivity index is 3.05. The summed E-state index contributed by atoms with van der Waals surface area (Å²) in [6, 6.07) is 8.74. The van der Waals surface area contributed by atoms with Crippen molar-refractivity contribution in [3.8, 4) is 0 Å². The van der Waals surface area contributed by atoms with Crippen molar-refractivity contribution in [3.63, 3.8) is 0 Å². The van der Waals surface area contributed by atoms with Gasteiger partial charge in [-0.25, -0.2) is 0 Å². The lowest BCUT2D eigenvalue weighted by Crippen LogP contribution is -2.59. The molecule has 0 aromatic heterocycles. The third kappa shape index (κ3) is 2.72. The predicted molar refractivity (Wildman–Crippen MR) is 67.7 cm³/mol. The number of nitrogens with zero attached hydrogens (tertiary/aromatic N) is 1. The summed E-state index contributed by atoms with van der Waals surface area (Å²) < 4.78 is 0. The van der Waals surface area contributed by atoms with Crippen molar-refractivity contribution in [2.75, 3.05) is 19.6 Å². The summed E-state index contributed by atoms with van der Waals surface area (Å²) in [5, 5.41) is 10.5. The maximum Gasteiger partial charge on any atom is 0.210 e. The topological polar surface area (TPSA) is 66.6 Å². The predicted octanol–water partition coefficient (Wildman–Crippen LogP) is 0.858. The summed E-state index contributed by atoms with van der Waals surface area (Å²) in [6.45, 7) is 4.82. The maximum absolute atomic E-state index is 12.3. The molecular formula is C13H20N2O2. The fourth-order valence-corrected chi connectivity index (χ4v) is 1.93. The molecule has 0 amide bonds. The fourth-order valence-electron chi connectivity index (χ4n) is 1.93. The van der Waals surface area contributed by atoms with Gasteiger partial charge in [-0.05, 0) is 13.1 Å². The Morgan fingerprint density at radius 1 is 1.29 bits per heavy atom. The number of hydrogen-bond acceptors (Lipinski definition) is 4. The van der Waals surface area contributed by atoms with E-state index in [0.717, 1.165) is 0 Å². The van der Waals surface area contributed by atoms with Crippen molar-refractivity contribution in [2.45, 2.75) is 19.6 Å². The van der Waals surface area contributed by atoms with Crippen LogP contribution in [0.3, 0.4) is 0 Å². The highest BCUT2D eigenvalue weighted by Crippen LogP contribution is 2.17. The van der Waals surface area contributed by atoms with E-state index in [1.54, 1.807) is 29.2 Å². The molecule has 0 saturated heterocycles. The van der Waals surface area contributed by atoms with E-state index in [1.165, 1.54) is 0 Å². The van der Waals surface area contributed by atoms with Gasteiger partial charge < -0.3 is 10.8 Å². The number of benzene rings is 1. The Labute approximate surface area is 102 Å². The van der Waals surface area contributed by atoms with Gasteiger partial charge in [0.05, 0.1) is 0 Å². The Bertz CT molecular complexity index is 363. The molecule has 3 N–H and O–H groups in total. The molecule has 0 aliphatic carbocycles. The second-order valence-corrected chi connectivity index (χ2v) is 3.89. The first-order valence-electron chi connectivity index (χ1n) is 5.87. The normalized spacial score (nSPS) is 14.6. The molecule has 1 aromatic rings. The minimum atomic E-state index is -1.61. The van der Waals surface area contributed by atoms with Crippen molar-refractivity contribution < 1.29 is 9.90 Å². The highest BCUT2D eigenvalue weighted by molar-refractivity contribution is 6.02. The quantitative estimate of drug-likeness (QED) is 0.568. The molecule has 0 bridgehead atoms. The summed E-state index contributed by atoms with van der Waals surface area (Å²) in [5.74, 6) is -0.343. The molecule has 94 valence electrons. The van der Waals surface area contributed by atoms with E-state index < -0.39 is 5.72 Å². The highest BCUT2D eigenvalue weighted by Gasteiger charge is 2.39. The first-order chi connectivity index (χ1) is 8.10. The molecule has 0 heterocycles. The Kier molecular flexibility index (Phi) is 4.81. The SMILES string of the molecule is CCN(CC)C(O)(CN)C(=O)c1ccccc1. The van der Waals surface area contributed by atoms with Gasteiger partial charge in [-0.3, -0.25) is 9.69 Å². The van der Waals surface area contributed by atoms with E-state index in [-0.39, 0.29) is 12.3 Å². The van der Waals surface area contributed by atoms with Crippen molar-refractivity contribution >= 4 is 5.78 Å². The zero-order valence-corrected chi connectivity index (χ0v) is 10.4. The fraction of sp³-hybridized carbons (Fsp3) is 0.462. The van der Waals surface area contributed by atoms with Gasteiger partial charge >= 0.3 is 0 Å². The molecular weight excluding hydrogens is 216 g/mol.